The van der Waals surface area contributed by atoms with Crippen molar-refractivity contribution in [1.82, 2.24) is 4.90 Å². The van der Waals surface area contributed by atoms with Crippen LogP contribution < -0.4 is 0 Å². The molecule has 0 aromatic heterocycles. The number of nitrogens with zero attached hydrogens (tertiary/aromatic N) is 1. The molecule has 1 atom stereocenters. The van der Waals surface area contributed by atoms with Gasteiger partial charge < -0.3 is 9.84 Å². The van der Waals surface area contributed by atoms with Crippen molar-refractivity contribution in [1.29, 1.82) is 0 Å². The van der Waals surface area contributed by atoms with E-state index in [9.17, 15) is 13.6 Å². The van der Waals surface area contributed by atoms with Crippen molar-refractivity contribution in [2.24, 2.45) is 0 Å². The number of carbonyl (C=O) groups is 1. The Labute approximate surface area is 116 Å². The molecule has 6 heteroatoms. The molecule has 110 valence electrons. The number of ether oxygens (including phenoxy) is 1. The van der Waals surface area contributed by atoms with Gasteiger partial charge in [0.1, 0.15) is 0 Å². The number of alkyl halides is 2. The lowest BCUT2D eigenvalue weighted by Crippen LogP contribution is -2.50. The van der Waals surface area contributed by atoms with Crippen LogP contribution in [0.2, 0.25) is 0 Å². The lowest BCUT2D eigenvalue weighted by molar-refractivity contribution is -0.142. The number of benzene rings is 1. The number of carboxylic acids is 1. The molecule has 1 fully saturated rings. The Balaban J connectivity index is 2.07. The fraction of sp³-hybridized carbons (Fsp3) is 0.500. The van der Waals surface area contributed by atoms with Gasteiger partial charge in [-0.05, 0) is 0 Å². The third-order valence-electron chi connectivity index (χ3n) is 3.36. The molecular formula is C14H17F2NO3. The van der Waals surface area contributed by atoms with Crippen LogP contribution in [0.15, 0.2) is 30.3 Å². The predicted molar refractivity (Wildman–Crippen MR) is 68.8 cm³/mol. The molecular weight excluding hydrogens is 268 g/mol. The van der Waals surface area contributed by atoms with Gasteiger partial charge in [-0.25, -0.2) is 0 Å². The SMILES string of the molecule is O=C(O)CC1COCCN1CC(F)(F)c1ccccc1. The highest BCUT2D eigenvalue weighted by atomic mass is 19.3. The van der Waals surface area contributed by atoms with Crippen molar-refractivity contribution >= 4 is 5.97 Å². The van der Waals surface area contributed by atoms with E-state index >= 15 is 0 Å². The minimum Gasteiger partial charge on any atom is -0.481 e. The monoisotopic (exact) mass is 285 g/mol. The van der Waals surface area contributed by atoms with Gasteiger partial charge >= 0.3 is 5.97 Å². The van der Waals surface area contributed by atoms with Gasteiger partial charge in [0.25, 0.3) is 5.92 Å². The number of carboxylic acid groups (broad SMARTS) is 1. The summed E-state index contributed by atoms with van der Waals surface area (Å²) in [6.07, 6.45) is -0.190. The summed E-state index contributed by atoms with van der Waals surface area (Å²) in [4.78, 5) is 12.3. The summed E-state index contributed by atoms with van der Waals surface area (Å²) in [6, 6.07) is 7.07. The summed E-state index contributed by atoms with van der Waals surface area (Å²) in [7, 11) is 0. The molecule has 0 saturated carbocycles. The van der Waals surface area contributed by atoms with E-state index in [4.69, 9.17) is 9.84 Å². The standard InChI is InChI=1S/C14H17F2NO3/c15-14(16,11-4-2-1-3-5-11)10-17-6-7-20-9-12(17)8-13(18)19/h1-5,12H,6-10H2,(H,18,19). The number of morpholine rings is 1. The third kappa shape index (κ3) is 3.74. The van der Waals surface area contributed by atoms with Gasteiger partial charge in [-0.3, -0.25) is 9.69 Å². The second kappa shape index (κ2) is 6.28. The zero-order valence-corrected chi connectivity index (χ0v) is 11.0. The summed E-state index contributed by atoms with van der Waals surface area (Å²) in [5.41, 5.74) is -0.0550. The van der Waals surface area contributed by atoms with E-state index in [-0.39, 0.29) is 18.6 Å². The molecule has 1 aromatic rings. The molecule has 0 radical (unpaired) electrons. The van der Waals surface area contributed by atoms with Crippen molar-refractivity contribution < 1.29 is 23.4 Å². The maximum absolute atomic E-state index is 14.2. The highest BCUT2D eigenvalue weighted by molar-refractivity contribution is 5.67. The first-order valence-corrected chi connectivity index (χ1v) is 6.46. The molecule has 1 saturated heterocycles. The number of hydrogen-bond acceptors (Lipinski definition) is 3. The molecule has 1 unspecified atom stereocenters. The topological polar surface area (TPSA) is 49.8 Å². The molecule has 2 rings (SSSR count). The highest BCUT2D eigenvalue weighted by Crippen LogP contribution is 2.30. The number of hydrogen-bond donors (Lipinski definition) is 1. The molecule has 4 nitrogen and oxygen atoms in total. The van der Waals surface area contributed by atoms with Crippen LogP contribution in [0.4, 0.5) is 8.78 Å². The Bertz CT molecular complexity index is 453. The molecule has 0 amide bonds. The van der Waals surface area contributed by atoms with E-state index in [0.717, 1.165) is 0 Å². The molecule has 1 aromatic carbocycles. The molecule has 0 bridgehead atoms. The summed E-state index contributed by atoms with van der Waals surface area (Å²) in [6.45, 7) is 0.358. The summed E-state index contributed by atoms with van der Waals surface area (Å²) >= 11 is 0. The van der Waals surface area contributed by atoms with E-state index in [0.29, 0.717) is 13.2 Å². The minimum atomic E-state index is -3.00. The lowest BCUT2D eigenvalue weighted by Gasteiger charge is -2.36. The second-order valence-electron chi connectivity index (χ2n) is 4.87. The maximum Gasteiger partial charge on any atom is 0.305 e. The van der Waals surface area contributed by atoms with Crippen LogP contribution in [0.3, 0.4) is 0 Å². The second-order valence-corrected chi connectivity index (χ2v) is 4.87. The van der Waals surface area contributed by atoms with Crippen molar-refractivity contribution in [2.75, 3.05) is 26.3 Å². The predicted octanol–water partition coefficient (Wildman–Crippen LogP) is 1.95. The first-order valence-electron chi connectivity index (χ1n) is 6.46. The molecule has 1 heterocycles. The van der Waals surface area contributed by atoms with Crippen LogP contribution in [-0.4, -0.2) is 48.3 Å². The van der Waals surface area contributed by atoms with Crippen LogP contribution in [0.25, 0.3) is 0 Å². The summed E-state index contributed by atoms with van der Waals surface area (Å²) < 4.78 is 33.6. The van der Waals surface area contributed by atoms with Crippen molar-refractivity contribution in [3.63, 3.8) is 0 Å². The zero-order valence-electron chi connectivity index (χ0n) is 11.0. The third-order valence-corrected chi connectivity index (χ3v) is 3.36. The quantitative estimate of drug-likeness (QED) is 0.898. The Kier molecular flexibility index (Phi) is 4.67. The Morgan fingerprint density at radius 1 is 1.40 bits per heavy atom. The van der Waals surface area contributed by atoms with E-state index in [2.05, 4.69) is 0 Å². The fourth-order valence-corrected chi connectivity index (χ4v) is 2.32. The number of rotatable bonds is 5. The molecule has 1 aliphatic rings. The normalized spacial score (nSPS) is 20.8. The van der Waals surface area contributed by atoms with Gasteiger partial charge in [-0.1, -0.05) is 30.3 Å². The molecule has 1 N–H and O–H groups in total. The summed E-state index contributed by atoms with van der Waals surface area (Å²) in [5, 5.41) is 8.83. The van der Waals surface area contributed by atoms with E-state index < -0.39 is 24.5 Å². The van der Waals surface area contributed by atoms with Crippen molar-refractivity contribution in [2.45, 2.75) is 18.4 Å². The Hall–Kier alpha value is -1.53. The molecule has 0 spiro atoms. The van der Waals surface area contributed by atoms with E-state index in [1.807, 2.05) is 0 Å². The largest absolute Gasteiger partial charge is 0.481 e. The van der Waals surface area contributed by atoms with Crippen molar-refractivity contribution in [3.05, 3.63) is 35.9 Å². The maximum atomic E-state index is 14.2. The Morgan fingerprint density at radius 3 is 2.75 bits per heavy atom. The van der Waals surface area contributed by atoms with Gasteiger partial charge in [0.05, 0.1) is 26.2 Å². The summed E-state index contributed by atoms with van der Waals surface area (Å²) in [5.74, 6) is -4.01. The smallest absolute Gasteiger partial charge is 0.305 e. The number of halogens is 2. The van der Waals surface area contributed by atoms with Crippen LogP contribution in [0, 0.1) is 0 Å². The van der Waals surface area contributed by atoms with Crippen LogP contribution in [-0.2, 0) is 15.5 Å². The van der Waals surface area contributed by atoms with Crippen LogP contribution in [0.1, 0.15) is 12.0 Å². The first kappa shape index (κ1) is 14.9. The van der Waals surface area contributed by atoms with Gasteiger partial charge in [-0.2, -0.15) is 8.78 Å². The highest BCUT2D eigenvalue weighted by Gasteiger charge is 2.37. The van der Waals surface area contributed by atoms with E-state index in [1.165, 1.54) is 17.0 Å². The van der Waals surface area contributed by atoms with Crippen molar-refractivity contribution in [3.8, 4) is 0 Å². The zero-order chi connectivity index (χ0) is 14.6. The van der Waals surface area contributed by atoms with Gasteiger partial charge in [0.2, 0.25) is 0 Å². The van der Waals surface area contributed by atoms with Gasteiger partial charge in [-0.15, -0.1) is 0 Å². The fourth-order valence-electron chi connectivity index (χ4n) is 2.32. The van der Waals surface area contributed by atoms with E-state index in [1.54, 1.807) is 18.2 Å². The van der Waals surface area contributed by atoms with Gasteiger partial charge in [0, 0.05) is 18.2 Å². The van der Waals surface area contributed by atoms with Gasteiger partial charge in [0.15, 0.2) is 0 Å². The Morgan fingerprint density at radius 2 is 2.10 bits per heavy atom. The average molecular weight is 285 g/mol. The number of aliphatic carboxylic acids is 1. The van der Waals surface area contributed by atoms with Crippen LogP contribution >= 0.6 is 0 Å². The first-order chi connectivity index (χ1) is 9.49. The molecule has 20 heavy (non-hydrogen) atoms. The lowest BCUT2D eigenvalue weighted by atomic mass is 10.1. The molecule has 0 aliphatic carbocycles. The molecule has 1 aliphatic heterocycles. The van der Waals surface area contributed by atoms with Crippen LogP contribution in [0.5, 0.6) is 0 Å². The average Bonchev–Trinajstić information content (AvgIpc) is 2.41. The minimum absolute atomic E-state index is 0.0550.